The molecule has 6 heavy (non-hydrogen) atoms. The molecule has 0 amide bonds. The Hall–Kier alpha value is 0.567. The minimum absolute atomic E-state index is 0.859. The molecule has 0 bridgehead atoms. The third-order valence-corrected chi connectivity index (χ3v) is 1.89. The average molecular weight is 118 g/mol. The molecule has 0 saturated carbocycles. The van der Waals surface area contributed by atoms with Gasteiger partial charge in [-0.25, -0.2) is 12.1 Å². The molecule has 0 aromatic rings. The zero-order chi connectivity index (χ0) is 4.83. The minimum Gasteiger partial charge on any atom is -0.206 e. The quantitative estimate of drug-likeness (QED) is 0.326. The third kappa shape index (κ3) is 4.57. The van der Waals surface area contributed by atoms with E-state index in [0.29, 0.717) is 0 Å². The first-order valence-electron chi connectivity index (χ1n) is 2.28. The van der Waals surface area contributed by atoms with E-state index in [0.717, 1.165) is 8.67 Å². The number of thiol groups is 1. The van der Waals surface area contributed by atoms with E-state index in [-0.39, 0.29) is 0 Å². The molecule has 0 N–H and O–H groups in total. The molecule has 2 heteroatoms. The summed E-state index contributed by atoms with van der Waals surface area (Å²) in [5.41, 5.74) is 0. The Morgan fingerprint density at radius 1 is 1.67 bits per heavy atom. The van der Waals surface area contributed by atoms with Gasteiger partial charge in [-0.2, -0.15) is 0 Å². The summed E-state index contributed by atoms with van der Waals surface area (Å²) in [6.07, 6.45) is 2.66. The van der Waals surface area contributed by atoms with Crippen LogP contribution in [0.25, 0.3) is 0 Å². The monoisotopic (exact) mass is 118 g/mol. The van der Waals surface area contributed by atoms with Crippen molar-refractivity contribution >= 4 is 20.7 Å². The van der Waals surface area contributed by atoms with Crippen molar-refractivity contribution in [1.82, 2.24) is 0 Å². The van der Waals surface area contributed by atoms with E-state index in [2.05, 4.69) is 19.0 Å². The number of unbranched alkanes of at least 4 members (excludes halogenated alkanes) is 1. The predicted octanol–water partition coefficient (Wildman–Crippen LogP) is 1.75. The van der Waals surface area contributed by atoms with Gasteiger partial charge in [-0.05, 0) is 0 Å². The van der Waals surface area contributed by atoms with E-state index in [1.54, 1.807) is 0 Å². The van der Waals surface area contributed by atoms with Gasteiger partial charge in [0.15, 0.2) is 0 Å². The zero-order valence-corrected chi connectivity index (χ0v) is 5.96. The lowest BCUT2D eigenvalue weighted by atomic mass is 10.4. The van der Waals surface area contributed by atoms with Gasteiger partial charge in [-0.3, -0.25) is 0 Å². The van der Waals surface area contributed by atoms with Gasteiger partial charge in [0, 0.05) is 0 Å². The molecule has 0 heterocycles. The fourth-order valence-corrected chi connectivity index (χ4v) is 1.24. The molecular formula is C4H10SSi. The van der Waals surface area contributed by atoms with Crippen LogP contribution in [0.1, 0.15) is 19.8 Å². The van der Waals surface area contributed by atoms with Gasteiger partial charge >= 0.3 is 0 Å². The lowest BCUT2D eigenvalue weighted by Crippen LogP contribution is -1.73. The van der Waals surface area contributed by atoms with Crippen LogP contribution in [-0.4, -0.2) is 8.67 Å². The van der Waals surface area contributed by atoms with Crippen molar-refractivity contribution in [1.29, 1.82) is 0 Å². The maximum atomic E-state index is 4.08. The van der Waals surface area contributed by atoms with Crippen LogP contribution in [0, 0.1) is 0 Å². The van der Waals surface area contributed by atoms with Gasteiger partial charge in [-0.1, -0.05) is 25.8 Å². The van der Waals surface area contributed by atoms with Gasteiger partial charge < -0.3 is 0 Å². The van der Waals surface area contributed by atoms with Crippen molar-refractivity contribution in [3.05, 3.63) is 0 Å². The van der Waals surface area contributed by atoms with E-state index < -0.39 is 0 Å². The number of rotatable bonds is 3. The Morgan fingerprint density at radius 2 is 2.33 bits per heavy atom. The van der Waals surface area contributed by atoms with Crippen LogP contribution < -0.4 is 0 Å². The molecule has 0 aromatic carbocycles. The second kappa shape index (κ2) is 5.57. The predicted molar refractivity (Wildman–Crippen MR) is 34.5 cm³/mol. The molecule has 2 radical (unpaired) electrons. The van der Waals surface area contributed by atoms with Crippen LogP contribution in [0.4, 0.5) is 0 Å². The lowest BCUT2D eigenvalue weighted by molar-refractivity contribution is 0.883. The second-order valence-electron chi connectivity index (χ2n) is 1.26. The zero-order valence-electron chi connectivity index (χ0n) is 4.07. The van der Waals surface area contributed by atoms with E-state index in [4.69, 9.17) is 0 Å². The molecule has 0 rings (SSSR count). The highest BCUT2D eigenvalue weighted by Gasteiger charge is 1.77. The maximum Gasteiger partial charge on any atom is 0.118 e. The molecule has 36 valence electrons. The molecule has 0 fully saturated rings. The molecule has 0 aliphatic rings. The summed E-state index contributed by atoms with van der Waals surface area (Å²) in [7, 11) is 0.859. The first-order valence-corrected chi connectivity index (χ1v) is 4.78. The largest absolute Gasteiger partial charge is 0.206 e. The topological polar surface area (TPSA) is 0 Å². The van der Waals surface area contributed by atoms with Crippen molar-refractivity contribution in [3.8, 4) is 0 Å². The van der Waals surface area contributed by atoms with Crippen LogP contribution in [0.5, 0.6) is 0 Å². The number of hydrogen-bond donors (Lipinski definition) is 1. The Balaban J connectivity index is 2.34. The number of hydrogen-bond acceptors (Lipinski definition) is 1. The van der Waals surface area contributed by atoms with Gasteiger partial charge in [0.25, 0.3) is 0 Å². The lowest BCUT2D eigenvalue weighted by Gasteiger charge is -1.84. The average Bonchev–Trinajstić information content (AvgIpc) is 1.61. The highest BCUT2D eigenvalue weighted by atomic mass is 32.3. The molecule has 0 nitrogen and oxygen atoms in total. The normalized spacial score (nSPS) is 9.00. The Bertz CT molecular complexity index is 19.5. The minimum atomic E-state index is 0.859. The van der Waals surface area contributed by atoms with Gasteiger partial charge in [-0.15, -0.1) is 0 Å². The van der Waals surface area contributed by atoms with Crippen LogP contribution in [0.15, 0.2) is 0 Å². The van der Waals surface area contributed by atoms with E-state index in [9.17, 15) is 0 Å². The molecular weight excluding hydrogens is 108 g/mol. The van der Waals surface area contributed by atoms with E-state index in [1.165, 1.54) is 18.9 Å². The van der Waals surface area contributed by atoms with Crippen molar-refractivity contribution < 1.29 is 0 Å². The summed E-state index contributed by atoms with van der Waals surface area (Å²) in [4.78, 5) is 0. The summed E-state index contributed by atoms with van der Waals surface area (Å²) in [5, 5.41) is 0. The maximum absolute atomic E-state index is 4.08. The first kappa shape index (κ1) is 6.57. The fraction of sp³-hybridized carbons (Fsp3) is 1.00. The van der Waals surface area contributed by atoms with Crippen LogP contribution in [0.2, 0.25) is 6.04 Å². The van der Waals surface area contributed by atoms with Crippen LogP contribution >= 0.6 is 12.1 Å². The van der Waals surface area contributed by atoms with Crippen LogP contribution in [-0.2, 0) is 0 Å². The summed E-state index contributed by atoms with van der Waals surface area (Å²) < 4.78 is 0. The molecule has 0 unspecified atom stereocenters. The molecule has 0 saturated heterocycles. The van der Waals surface area contributed by atoms with Crippen molar-refractivity contribution in [2.24, 2.45) is 0 Å². The van der Waals surface area contributed by atoms with Crippen molar-refractivity contribution in [3.63, 3.8) is 0 Å². The standard InChI is InChI=1S/C4H10SSi/c1-2-3-4-6-5/h5H,2-4H2,1H3. The van der Waals surface area contributed by atoms with Gasteiger partial charge in [0.1, 0.15) is 8.67 Å². The second-order valence-corrected chi connectivity index (χ2v) is 3.03. The van der Waals surface area contributed by atoms with Gasteiger partial charge in [0.2, 0.25) is 0 Å². The highest BCUT2D eigenvalue weighted by Crippen LogP contribution is 1.92. The van der Waals surface area contributed by atoms with Crippen LogP contribution in [0.3, 0.4) is 0 Å². The van der Waals surface area contributed by atoms with Crippen molar-refractivity contribution in [2.45, 2.75) is 25.8 Å². The smallest absolute Gasteiger partial charge is 0.118 e. The summed E-state index contributed by atoms with van der Waals surface area (Å²) in [5.74, 6) is 0. The Labute approximate surface area is 47.2 Å². The molecule has 0 aliphatic carbocycles. The van der Waals surface area contributed by atoms with Crippen molar-refractivity contribution in [2.75, 3.05) is 0 Å². The highest BCUT2D eigenvalue weighted by molar-refractivity contribution is 8.06. The Kier molecular flexibility index (Phi) is 6.09. The molecule has 0 spiro atoms. The van der Waals surface area contributed by atoms with E-state index >= 15 is 0 Å². The fourth-order valence-electron chi connectivity index (χ4n) is 0.256. The summed E-state index contributed by atoms with van der Waals surface area (Å²) in [6.45, 7) is 2.20. The Morgan fingerprint density at radius 3 is 2.50 bits per heavy atom. The SMILES string of the molecule is CCCC[Si]S. The summed E-state index contributed by atoms with van der Waals surface area (Å²) in [6, 6.07) is 1.31. The van der Waals surface area contributed by atoms with Gasteiger partial charge in [0.05, 0.1) is 0 Å². The molecule has 0 atom stereocenters. The molecule has 0 aromatic heterocycles. The molecule has 0 aliphatic heterocycles. The van der Waals surface area contributed by atoms with E-state index in [1.807, 2.05) is 0 Å². The summed E-state index contributed by atoms with van der Waals surface area (Å²) >= 11 is 4.08. The third-order valence-electron chi connectivity index (χ3n) is 0.642. The first-order chi connectivity index (χ1) is 2.91.